The molecule has 1 heterocycles. The summed E-state index contributed by atoms with van der Waals surface area (Å²) in [6, 6.07) is 2.11. The van der Waals surface area contributed by atoms with Crippen LogP contribution in [0.25, 0.3) is 0 Å². The van der Waals surface area contributed by atoms with Crippen LogP contribution in [0.1, 0.15) is 37.6 Å². The van der Waals surface area contributed by atoms with E-state index in [2.05, 4.69) is 26.9 Å². The van der Waals surface area contributed by atoms with Crippen LogP contribution in [-0.2, 0) is 4.74 Å². The van der Waals surface area contributed by atoms with Gasteiger partial charge in [0.2, 0.25) is 0 Å². The van der Waals surface area contributed by atoms with E-state index in [4.69, 9.17) is 10.00 Å². The zero-order chi connectivity index (χ0) is 16.0. The number of nitrogens with one attached hydrogen (secondary N) is 2. The van der Waals surface area contributed by atoms with E-state index >= 15 is 0 Å². The van der Waals surface area contributed by atoms with Gasteiger partial charge in [-0.25, -0.2) is 4.79 Å². The molecule has 0 aliphatic rings. The lowest BCUT2D eigenvalue weighted by Crippen LogP contribution is -2.35. The first-order valence-corrected chi connectivity index (χ1v) is 6.69. The van der Waals surface area contributed by atoms with E-state index in [9.17, 15) is 4.79 Å². The van der Waals surface area contributed by atoms with E-state index < -0.39 is 11.7 Å². The monoisotopic (exact) mass is 291 g/mol. The summed E-state index contributed by atoms with van der Waals surface area (Å²) < 4.78 is 5.11. The molecular weight excluding hydrogens is 270 g/mol. The van der Waals surface area contributed by atoms with E-state index in [-0.39, 0.29) is 0 Å². The lowest BCUT2D eigenvalue weighted by Gasteiger charge is -2.19. The third-order valence-corrected chi connectivity index (χ3v) is 2.65. The van der Waals surface area contributed by atoms with E-state index in [0.29, 0.717) is 24.5 Å². The second kappa shape index (κ2) is 6.88. The molecule has 0 bridgehead atoms. The van der Waals surface area contributed by atoms with Crippen LogP contribution in [-0.4, -0.2) is 35.0 Å². The van der Waals surface area contributed by atoms with Crippen molar-refractivity contribution in [1.29, 1.82) is 5.26 Å². The highest BCUT2D eigenvalue weighted by Crippen LogP contribution is 2.16. The minimum atomic E-state index is -0.523. The molecule has 2 N–H and O–H groups in total. The molecule has 21 heavy (non-hydrogen) atoms. The van der Waals surface area contributed by atoms with Gasteiger partial charge < -0.3 is 15.4 Å². The van der Waals surface area contributed by atoms with Crippen molar-refractivity contribution in [3.05, 3.63) is 16.8 Å². The first-order chi connectivity index (χ1) is 9.74. The molecular formula is C14H21N5O2. The smallest absolute Gasteiger partial charge is 0.407 e. The number of hydrogen-bond donors (Lipinski definition) is 2. The maximum Gasteiger partial charge on any atom is 0.407 e. The second-order valence-electron chi connectivity index (χ2n) is 5.60. The summed E-state index contributed by atoms with van der Waals surface area (Å²) in [5.74, 6) is 0.423. The Labute approximate surface area is 124 Å². The molecule has 1 aromatic heterocycles. The van der Waals surface area contributed by atoms with Gasteiger partial charge in [-0.05, 0) is 40.2 Å². The number of aryl methyl sites for hydroxylation is 1. The van der Waals surface area contributed by atoms with Crippen molar-refractivity contribution in [3.63, 3.8) is 0 Å². The maximum atomic E-state index is 11.5. The number of carbonyl (C=O) groups excluding carboxylic acids is 1. The van der Waals surface area contributed by atoms with E-state index in [1.807, 2.05) is 6.92 Å². The summed E-state index contributed by atoms with van der Waals surface area (Å²) >= 11 is 0. The fourth-order valence-corrected chi connectivity index (χ4v) is 1.53. The number of hydrogen-bond acceptors (Lipinski definition) is 6. The topological polar surface area (TPSA) is 99.9 Å². The molecule has 1 amide bonds. The maximum absolute atomic E-state index is 11.5. The van der Waals surface area contributed by atoms with Crippen molar-refractivity contribution >= 4 is 11.9 Å². The van der Waals surface area contributed by atoms with Crippen LogP contribution >= 0.6 is 0 Å². The van der Waals surface area contributed by atoms with Crippen LogP contribution in [0.5, 0.6) is 0 Å². The molecule has 1 rings (SSSR count). The SMILES string of the molecule is Cc1nnc(NCCNC(=O)OC(C)(C)C)c(C#N)c1C. The molecule has 0 saturated heterocycles. The molecule has 0 atom stereocenters. The van der Waals surface area contributed by atoms with Crippen LogP contribution in [0.15, 0.2) is 0 Å². The van der Waals surface area contributed by atoms with Crippen LogP contribution in [0.4, 0.5) is 10.6 Å². The van der Waals surface area contributed by atoms with Crippen LogP contribution in [0.3, 0.4) is 0 Å². The summed E-state index contributed by atoms with van der Waals surface area (Å²) in [5.41, 5.74) is 1.48. The highest BCUT2D eigenvalue weighted by atomic mass is 16.6. The van der Waals surface area contributed by atoms with Gasteiger partial charge >= 0.3 is 6.09 Å². The van der Waals surface area contributed by atoms with Crippen LogP contribution in [0, 0.1) is 25.2 Å². The van der Waals surface area contributed by atoms with Gasteiger partial charge in [0.15, 0.2) is 5.82 Å². The van der Waals surface area contributed by atoms with E-state index in [0.717, 1.165) is 11.3 Å². The van der Waals surface area contributed by atoms with Gasteiger partial charge in [-0.15, -0.1) is 5.10 Å². The summed E-state index contributed by atoms with van der Waals surface area (Å²) in [4.78, 5) is 11.5. The molecule has 0 saturated carbocycles. The molecule has 0 aliphatic carbocycles. The normalized spacial score (nSPS) is 10.7. The largest absolute Gasteiger partial charge is 0.444 e. The average Bonchev–Trinajstić information content (AvgIpc) is 2.36. The molecule has 0 aromatic carbocycles. The summed E-state index contributed by atoms with van der Waals surface area (Å²) in [7, 11) is 0. The number of aromatic nitrogens is 2. The van der Waals surface area contributed by atoms with Gasteiger partial charge in [0.25, 0.3) is 0 Å². The van der Waals surface area contributed by atoms with Crippen LogP contribution in [0.2, 0.25) is 0 Å². The molecule has 7 heteroatoms. The van der Waals surface area contributed by atoms with Crippen molar-refractivity contribution in [2.45, 2.75) is 40.2 Å². The van der Waals surface area contributed by atoms with Crippen molar-refractivity contribution in [3.8, 4) is 6.07 Å². The Balaban J connectivity index is 2.49. The number of alkyl carbamates (subject to hydrolysis) is 1. The average molecular weight is 291 g/mol. The standard InChI is InChI=1S/C14H21N5O2/c1-9-10(2)18-19-12(11(9)8-15)16-6-7-17-13(20)21-14(3,4)5/h6-7H2,1-5H3,(H,16,19)(H,17,20). The summed E-state index contributed by atoms with van der Waals surface area (Å²) in [6.45, 7) is 9.81. The highest BCUT2D eigenvalue weighted by Gasteiger charge is 2.15. The fourth-order valence-electron chi connectivity index (χ4n) is 1.53. The van der Waals surface area contributed by atoms with Gasteiger partial charge in [0, 0.05) is 13.1 Å². The van der Waals surface area contributed by atoms with Gasteiger partial charge in [-0.1, -0.05) is 0 Å². The Morgan fingerprint density at radius 1 is 1.29 bits per heavy atom. The van der Waals surface area contributed by atoms with E-state index in [1.165, 1.54) is 0 Å². The molecule has 7 nitrogen and oxygen atoms in total. The zero-order valence-corrected chi connectivity index (χ0v) is 13.1. The molecule has 0 unspecified atom stereocenters. The lowest BCUT2D eigenvalue weighted by molar-refractivity contribution is 0.0530. The number of rotatable bonds is 4. The van der Waals surface area contributed by atoms with Gasteiger partial charge in [0.05, 0.1) is 5.69 Å². The lowest BCUT2D eigenvalue weighted by atomic mass is 10.1. The summed E-state index contributed by atoms with van der Waals surface area (Å²) in [6.07, 6.45) is -0.476. The minimum absolute atomic E-state index is 0.356. The van der Waals surface area contributed by atoms with Crippen LogP contribution < -0.4 is 10.6 Å². The Morgan fingerprint density at radius 2 is 1.95 bits per heavy atom. The number of nitriles is 1. The van der Waals surface area contributed by atoms with Gasteiger partial charge in [-0.3, -0.25) is 0 Å². The Morgan fingerprint density at radius 3 is 2.52 bits per heavy atom. The minimum Gasteiger partial charge on any atom is -0.444 e. The molecule has 0 fully saturated rings. The van der Waals surface area contributed by atoms with Crippen molar-refractivity contribution in [1.82, 2.24) is 15.5 Å². The highest BCUT2D eigenvalue weighted by molar-refractivity contribution is 5.67. The molecule has 0 radical (unpaired) electrons. The van der Waals surface area contributed by atoms with Crippen molar-refractivity contribution < 1.29 is 9.53 Å². The van der Waals surface area contributed by atoms with Gasteiger partial charge in [0.1, 0.15) is 17.2 Å². The summed E-state index contributed by atoms with van der Waals surface area (Å²) in [5, 5.41) is 22.7. The third kappa shape index (κ3) is 5.26. The molecule has 1 aromatic rings. The number of anilines is 1. The van der Waals surface area contributed by atoms with Gasteiger partial charge in [-0.2, -0.15) is 10.4 Å². The van der Waals surface area contributed by atoms with Crippen molar-refractivity contribution in [2.75, 3.05) is 18.4 Å². The first kappa shape index (κ1) is 16.7. The number of carbonyl (C=O) groups is 1. The van der Waals surface area contributed by atoms with Crippen molar-refractivity contribution in [2.24, 2.45) is 0 Å². The quantitative estimate of drug-likeness (QED) is 0.822. The number of nitrogens with zero attached hydrogens (tertiary/aromatic N) is 3. The predicted molar refractivity (Wildman–Crippen MR) is 78.9 cm³/mol. The Kier molecular flexibility index (Phi) is 5.47. The third-order valence-electron chi connectivity index (χ3n) is 2.65. The zero-order valence-electron chi connectivity index (χ0n) is 13.1. The molecule has 114 valence electrons. The molecule has 0 spiro atoms. The van der Waals surface area contributed by atoms with E-state index in [1.54, 1.807) is 27.7 Å². The Bertz CT molecular complexity index is 558. The second-order valence-corrected chi connectivity index (χ2v) is 5.60. The fraction of sp³-hybridized carbons (Fsp3) is 0.571. The number of ether oxygens (including phenoxy) is 1. The number of amides is 1. The Hall–Kier alpha value is -2.36. The molecule has 0 aliphatic heterocycles. The predicted octanol–water partition coefficient (Wildman–Crippen LogP) is 1.90. The first-order valence-electron chi connectivity index (χ1n) is 6.69.